The van der Waals surface area contributed by atoms with Crippen molar-refractivity contribution in [2.75, 3.05) is 26.3 Å². The third-order valence-corrected chi connectivity index (χ3v) is 6.64. The molecular formula is C24H32ClN3O3. The van der Waals surface area contributed by atoms with Crippen LogP contribution < -0.4 is 4.74 Å². The molecule has 7 heteroatoms. The van der Waals surface area contributed by atoms with E-state index < -0.39 is 0 Å². The molecule has 2 fully saturated rings. The molecule has 31 heavy (non-hydrogen) atoms. The highest BCUT2D eigenvalue weighted by molar-refractivity contribution is 6.30. The van der Waals surface area contributed by atoms with Gasteiger partial charge in [0.1, 0.15) is 11.9 Å². The number of aryl methyl sites for hydroxylation is 1. The zero-order valence-electron chi connectivity index (χ0n) is 18.3. The third kappa shape index (κ3) is 6.01. The van der Waals surface area contributed by atoms with Gasteiger partial charge in [-0.3, -0.25) is 9.48 Å². The number of nitrogens with zero attached hydrogens (tertiary/aromatic N) is 3. The van der Waals surface area contributed by atoms with Crippen LogP contribution in [0.15, 0.2) is 30.3 Å². The van der Waals surface area contributed by atoms with E-state index in [0.717, 1.165) is 35.9 Å². The molecule has 6 nitrogen and oxygen atoms in total. The van der Waals surface area contributed by atoms with Gasteiger partial charge in [-0.2, -0.15) is 5.10 Å². The van der Waals surface area contributed by atoms with Crippen molar-refractivity contribution in [3.8, 4) is 5.75 Å². The summed E-state index contributed by atoms with van der Waals surface area (Å²) < 4.78 is 13.6. The topological polar surface area (TPSA) is 56.6 Å². The lowest BCUT2D eigenvalue weighted by Gasteiger charge is -2.32. The van der Waals surface area contributed by atoms with Crippen molar-refractivity contribution in [2.45, 2.75) is 51.0 Å². The average molecular weight is 446 g/mol. The largest absolute Gasteiger partial charge is 0.493 e. The molecule has 0 unspecified atom stereocenters. The fourth-order valence-corrected chi connectivity index (χ4v) is 4.77. The van der Waals surface area contributed by atoms with Crippen molar-refractivity contribution in [1.29, 1.82) is 0 Å². The smallest absolute Gasteiger partial charge is 0.222 e. The SMILES string of the molecule is Cn1nc([C@H]2CN(C(=O)CCC3CCCC3)CCO2)cc1CCOc1cccc(Cl)c1. The van der Waals surface area contributed by atoms with Gasteiger partial charge < -0.3 is 14.4 Å². The zero-order valence-corrected chi connectivity index (χ0v) is 19.0. The molecule has 1 aromatic carbocycles. The molecule has 1 aliphatic heterocycles. The normalized spacial score (nSPS) is 19.7. The van der Waals surface area contributed by atoms with Crippen molar-refractivity contribution in [3.63, 3.8) is 0 Å². The molecule has 1 aliphatic carbocycles. The highest BCUT2D eigenvalue weighted by atomic mass is 35.5. The second-order valence-electron chi connectivity index (χ2n) is 8.63. The third-order valence-electron chi connectivity index (χ3n) is 6.41. The molecule has 1 saturated heterocycles. The van der Waals surface area contributed by atoms with Crippen molar-refractivity contribution in [1.82, 2.24) is 14.7 Å². The van der Waals surface area contributed by atoms with Crippen molar-refractivity contribution in [3.05, 3.63) is 46.7 Å². The van der Waals surface area contributed by atoms with Crippen LogP contribution in [0.25, 0.3) is 0 Å². The quantitative estimate of drug-likeness (QED) is 0.597. The van der Waals surface area contributed by atoms with Crippen LogP contribution in [-0.4, -0.2) is 46.9 Å². The maximum absolute atomic E-state index is 12.7. The minimum Gasteiger partial charge on any atom is -0.493 e. The molecule has 1 atom stereocenters. The molecule has 1 amide bonds. The lowest BCUT2D eigenvalue weighted by molar-refractivity contribution is -0.139. The van der Waals surface area contributed by atoms with E-state index in [0.29, 0.717) is 37.7 Å². The van der Waals surface area contributed by atoms with E-state index in [2.05, 4.69) is 11.2 Å². The van der Waals surface area contributed by atoms with Gasteiger partial charge in [0.2, 0.25) is 5.91 Å². The van der Waals surface area contributed by atoms with E-state index >= 15 is 0 Å². The summed E-state index contributed by atoms with van der Waals surface area (Å²) in [6, 6.07) is 9.48. The highest BCUT2D eigenvalue weighted by Gasteiger charge is 2.28. The Morgan fingerprint density at radius 2 is 2.13 bits per heavy atom. The van der Waals surface area contributed by atoms with Crippen molar-refractivity contribution < 1.29 is 14.3 Å². The van der Waals surface area contributed by atoms with E-state index in [1.165, 1.54) is 25.7 Å². The molecule has 1 saturated carbocycles. The molecule has 2 aromatic rings. The summed E-state index contributed by atoms with van der Waals surface area (Å²) >= 11 is 6.01. The summed E-state index contributed by atoms with van der Waals surface area (Å²) in [5.41, 5.74) is 1.96. The first-order chi connectivity index (χ1) is 15.1. The highest BCUT2D eigenvalue weighted by Crippen LogP contribution is 2.29. The van der Waals surface area contributed by atoms with Gasteiger partial charge in [0.25, 0.3) is 0 Å². The first kappa shape index (κ1) is 22.2. The Kier molecular flexibility index (Phi) is 7.51. The summed E-state index contributed by atoms with van der Waals surface area (Å²) in [5, 5.41) is 5.32. The second kappa shape index (κ2) is 10.5. The Morgan fingerprint density at radius 3 is 2.94 bits per heavy atom. The monoisotopic (exact) mass is 445 g/mol. The van der Waals surface area contributed by atoms with Gasteiger partial charge in [-0.05, 0) is 36.6 Å². The number of rotatable bonds is 8. The predicted octanol–water partition coefficient (Wildman–Crippen LogP) is 4.57. The Labute approximate surface area is 189 Å². The van der Waals surface area contributed by atoms with Crippen LogP contribution in [0.2, 0.25) is 5.02 Å². The number of benzene rings is 1. The summed E-state index contributed by atoms with van der Waals surface area (Å²) in [6.07, 6.45) is 7.47. The predicted molar refractivity (Wildman–Crippen MR) is 120 cm³/mol. The number of hydrogen-bond acceptors (Lipinski definition) is 4. The second-order valence-corrected chi connectivity index (χ2v) is 9.06. The maximum Gasteiger partial charge on any atom is 0.222 e. The molecule has 0 spiro atoms. The van der Waals surface area contributed by atoms with Crippen molar-refractivity contribution in [2.24, 2.45) is 13.0 Å². The Hall–Kier alpha value is -2.05. The van der Waals surface area contributed by atoms with Crippen LogP contribution in [0.5, 0.6) is 5.75 Å². The molecule has 1 aromatic heterocycles. The number of hydrogen-bond donors (Lipinski definition) is 0. The summed E-state index contributed by atoms with van der Waals surface area (Å²) in [6.45, 7) is 2.35. The van der Waals surface area contributed by atoms with Gasteiger partial charge in [0, 0.05) is 37.2 Å². The number of carbonyl (C=O) groups is 1. The summed E-state index contributed by atoms with van der Waals surface area (Å²) in [5.74, 6) is 1.76. The number of carbonyl (C=O) groups excluding carboxylic acids is 1. The number of ether oxygens (including phenoxy) is 2. The Balaban J connectivity index is 1.29. The summed E-state index contributed by atoms with van der Waals surface area (Å²) in [4.78, 5) is 14.7. The van der Waals surface area contributed by atoms with E-state index in [4.69, 9.17) is 21.1 Å². The van der Waals surface area contributed by atoms with Gasteiger partial charge in [-0.15, -0.1) is 0 Å². The van der Waals surface area contributed by atoms with Crippen LogP contribution in [0.1, 0.15) is 56.0 Å². The van der Waals surface area contributed by atoms with Crippen molar-refractivity contribution >= 4 is 17.5 Å². The first-order valence-electron chi connectivity index (χ1n) is 11.4. The lowest BCUT2D eigenvalue weighted by atomic mass is 10.0. The van der Waals surface area contributed by atoms with Crippen LogP contribution in [0.3, 0.4) is 0 Å². The molecule has 0 bridgehead atoms. The molecule has 2 aliphatic rings. The van der Waals surface area contributed by atoms with Gasteiger partial charge in [-0.1, -0.05) is 43.4 Å². The molecule has 4 rings (SSSR count). The number of amides is 1. The van der Waals surface area contributed by atoms with E-state index in [9.17, 15) is 4.79 Å². The zero-order chi connectivity index (χ0) is 21.6. The lowest BCUT2D eigenvalue weighted by Crippen LogP contribution is -2.42. The van der Waals surface area contributed by atoms with Crippen LogP contribution in [0, 0.1) is 5.92 Å². The molecule has 0 radical (unpaired) electrons. The van der Waals surface area contributed by atoms with Gasteiger partial charge in [0.15, 0.2) is 0 Å². The molecular weight excluding hydrogens is 414 g/mol. The average Bonchev–Trinajstić information content (AvgIpc) is 3.42. The number of morpholine rings is 1. The van der Waals surface area contributed by atoms with Gasteiger partial charge >= 0.3 is 0 Å². The van der Waals surface area contributed by atoms with Crippen LogP contribution >= 0.6 is 11.6 Å². The van der Waals surface area contributed by atoms with Gasteiger partial charge in [0.05, 0.1) is 25.5 Å². The van der Waals surface area contributed by atoms with Crippen LogP contribution in [0.4, 0.5) is 0 Å². The molecule has 0 N–H and O–H groups in total. The van der Waals surface area contributed by atoms with Crippen LogP contribution in [-0.2, 0) is 23.0 Å². The fourth-order valence-electron chi connectivity index (χ4n) is 4.59. The number of aromatic nitrogens is 2. The first-order valence-corrected chi connectivity index (χ1v) is 11.8. The Bertz CT molecular complexity index is 879. The Morgan fingerprint density at radius 1 is 1.29 bits per heavy atom. The van der Waals surface area contributed by atoms with Gasteiger partial charge in [-0.25, -0.2) is 0 Å². The molecule has 2 heterocycles. The van der Waals surface area contributed by atoms with E-state index in [1.54, 1.807) is 0 Å². The van der Waals surface area contributed by atoms with E-state index in [-0.39, 0.29) is 12.0 Å². The minimum absolute atomic E-state index is 0.169. The number of halogens is 1. The fraction of sp³-hybridized carbons (Fsp3) is 0.583. The molecule has 168 valence electrons. The minimum atomic E-state index is -0.169. The van der Waals surface area contributed by atoms with E-state index in [1.807, 2.05) is 40.9 Å². The summed E-state index contributed by atoms with van der Waals surface area (Å²) in [7, 11) is 1.94. The maximum atomic E-state index is 12.7. The standard InChI is InChI=1S/C24H32ClN3O3/c1-27-20(11-13-30-21-8-4-7-19(25)15-21)16-22(26-27)23-17-28(12-14-31-23)24(29)10-9-18-5-2-3-6-18/h4,7-8,15-16,18,23H,2-3,5-6,9-14,17H2,1H3/t23-/m1/s1.